The van der Waals surface area contributed by atoms with Crippen LogP contribution in [0.25, 0.3) is 0 Å². The highest BCUT2D eigenvalue weighted by molar-refractivity contribution is 5.32. The molecule has 0 amide bonds. The summed E-state index contributed by atoms with van der Waals surface area (Å²) in [5, 5.41) is 12.1. The Labute approximate surface area is 107 Å². The topological polar surface area (TPSA) is 41.5 Å². The Morgan fingerprint density at radius 1 is 1.50 bits per heavy atom. The van der Waals surface area contributed by atoms with E-state index < -0.39 is 0 Å². The zero-order valence-corrected chi connectivity index (χ0v) is 10.7. The second-order valence-electron chi connectivity index (χ2n) is 4.78. The maximum absolute atomic E-state index is 13.5. The van der Waals surface area contributed by atoms with Crippen molar-refractivity contribution in [3.05, 3.63) is 29.6 Å². The number of benzene rings is 1. The highest BCUT2D eigenvalue weighted by Crippen LogP contribution is 2.27. The lowest BCUT2D eigenvalue weighted by Crippen LogP contribution is -2.20. The minimum atomic E-state index is -0.352. The van der Waals surface area contributed by atoms with E-state index in [-0.39, 0.29) is 24.2 Å². The number of hydrogen-bond donors (Lipinski definition) is 2. The minimum absolute atomic E-state index is 0.0565. The van der Waals surface area contributed by atoms with E-state index in [4.69, 9.17) is 9.84 Å². The highest BCUT2D eigenvalue weighted by atomic mass is 19.1. The number of aliphatic hydroxyl groups excluding tert-OH is 1. The van der Waals surface area contributed by atoms with Crippen molar-refractivity contribution in [3.63, 3.8) is 0 Å². The van der Waals surface area contributed by atoms with Crippen LogP contribution in [0.2, 0.25) is 0 Å². The molecule has 100 valence electrons. The van der Waals surface area contributed by atoms with Crippen LogP contribution < -0.4 is 10.1 Å². The standard InChI is InChI=1S/C14H20FNO2/c1-10(16-12-4-5-12)11-3-6-13(15)14(9-11)18-8-2-7-17/h3,6,9-10,12,16-17H,2,4-5,7-8H2,1H3. The molecule has 1 fully saturated rings. The second kappa shape index (κ2) is 6.16. The Kier molecular flexibility index (Phi) is 4.55. The average molecular weight is 253 g/mol. The summed E-state index contributed by atoms with van der Waals surface area (Å²) in [4.78, 5) is 0. The summed E-state index contributed by atoms with van der Waals surface area (Å²) in [6.45, 7) is 2.46. The molecular weight excluding hydrogens is 233 g/mol. The lowest BCUT2D eigenvalue weighted by molar-refractivity contribution is 0.228. The summed E-state index contributed by atoms with van der Waals surface area (Å²) < 4.78 is 18.9. The van der Waals surface area contributed by atoms with Gasteiger partial charge in [-0.1, -0.05) is 6.07 Å². The minimum Gasteiger partial charge on any atom is -0.490 e. The predicted molar refractivity (Wildman–Crippen MR) is 68.2 cm³/mol. The van der Waals surface area contributed by atoms with Crippen LogP contribution >= 0.6 is 0 Å². The van der Waals surface area contributed by atoms with Gasteiger partial charge in [0.25, 0.3) is 0 Å². The van der Waals surface area contributed by atoms with Gasteiger partial charge in [0.1, 0.15) is 0 Å². The van der Waals surface area contributed by atoms with Crippen LogP contribution in [0.3, 0.4) is 0 Å². The van der Waals surface area contributed by atoms with E-state index in [1.807, 2.05) is 0 Å². The first-order chi connectivity index (χ1) is 8.70. The number of halogens is 1. The predicted octanol–water partition coefficient (Wildman–Crippen LogP) is 2.40. The van der Waals surface area contributed by atoms with Crippen LogP contribution in [-0.4, -0.2) is 24.4 Å². The van der Waals surface area contributed by atoms with Gasteiger partial charge in [0.2, 0.25) is 0 Å². The van der Waals surface area contributed by atoms with Gasteiger partial charge >= 0.3 is 0 Å². The van der Waals surface area contributed by atoms with Crippen LogP contribution in [-0.2, 0) is 0 Å². The Balaban J connectivity index is 1.99. The Morgan fingerprint density at radius 3 is 2.94 bits per heavy atom. The molecule has 1 saturated carbocycles. The molecule has 1 aliphatic rings. The maximum Gasteiger partial charge on any atom is 0.165 e. The molecule has 4 heteroatoms. The van der Waals surface area contributed by atoms with Crippen molar-refractivity contribution in [2.45, 2.75) is 38.3 Å². The second-order valence-corrected chi connectivity index (χ2v) is 4.78. The smallest absolute Gasteiger partial charge is 0.165 e. The van der Waals surface area contributed by atoms with Gasteiger partial charge in [-0.2, -0.15) is 0 Å². The first kappa shape index (κ1) is 13.3. The van der Waals surface area contributed by atoms with Crippen LogP contribution in [0.4, 0.5) is 4.39 Å². The van der Waals surface area contributed by atoms with E-state index in [0.29, 0.717) is 19.1 Å². The molecule has 1 aromatic rings. The van der Waals surface area contributed by atoms with Crippen molar-refractivity contribution in [1.82, 2.24) is 5.32 Å². The van der Waals surface area contributed by atoms with Crippen LogP contribution in [0, 0.1) is 5.82 Å². The molecule has 1 atom stereocenters. The molecule has 1 aromatic carbocycles. The molecule has 2 N–H and O–H groups in total. The maximum atomic E-state index is 13.5. The number of hydrogen-bond acceptors (Lipinski definition) is 3. The average Bonchev–Trinajstić information content (AvgIpc) is 3.15. The fraction of sp³-hybridized carbons (Fsp3) is 0.571. The first-order valence-electron chi connectivity index (χ1n) is 6.50. The molecule has 0 aliphatic heterocycles. The molecule has 18 heavy (non-hydrogen) atoms. The van der Waals surface area contributed by atoms with E-state index in [2.05, 4.69) is 12.2 Å². The van der Waals surface area contributed by atoms with Crippen molar-refractivity contribution < 1.29 is 14.2 Å². The molecule has 0 aromatic heterocycles. The van der Waals surface area contributed by atoms with Gasteiger partial charge in [-0.25, -0.2) is 4.39 Å². The lowest BCUT2D eigenvalue weighted by Gasteiger charge is -2.15. The fourth-order valence-electron chi connectivity index (χ4n) is 1.85. The molecule has 0 bridgehead atoms. The molecular formula is C14H20FNO2. The number of ether oxygens (including phenoxy) is 1. The summed E-state index contributed by atoms with van der Waals surface area (Å²) in [6.07, 6.45) is 2.97. The molecule has 0 heterocycles. The van der Waals surface area contributed by atoms with Gasteiger partial charge in [-0.05, 0) is 37.5 Å². The van der Waals surface area contributed by atoms with Gasteiger partial charge in [0.15, 0.2) is 11.6 Å². The monoisotopic (exact) mass is 253 g/mol. The third kappa shape index (κ3) is 3.68. The molecule has 3 nitrogen and oxygen atoms in total. The molecule has 1 aliphatic carbocycles. The van der Waals surface area contributed by atoms with Gasteiger partial charge in [0, 0.05) is 25.1 Å². The van der Waals surface area contributed by atoms with Crippen molar-refractivity contribution in [2.24, 2.45) is 0 Å². The molecule has 0 saturated heterocycles. The molecule has 1 unspecified atom stereocenters. The zero-order chi connectivity index (χ0) is 13.0. The third-order valence-corrected chi connectivity index (χ3v) is 3.08. The summed E-state index contributed by atoms with van der Waals surface area (Å²) in [6, 6.07) is 5.79. The SMILES string of the molecule is CC(NC1CC1)c1ccc(F)c(OCCCO)c1. The van der Waals surface area contributed by atoms with Gasteiger partial charge in [0.05, 0.1) is 6.61 Å². The molecule has 0 spiro atoms. The lowest BCUT2D eigenvalue weighted by atomic mass is 10.1. The number of rotatable bonds is 7. The van der Waals surface area contributed by atoms with Crippen LogP contribution in [0.15, 0.2) is 18.2 Å². The van der Waals surface area contributed by atoms with E-state index in [0.717, 1.165) is 5.56 Å². The Bertz CT molecular complexity index is 393. The normalized spacial score (nSPS) is 16.6. The Morgan fingerprint density at radius 2 is 2.28 bits per heavy atom. The van der Waals surface area contributed by atoms with Gasteiger partial charge in [-0.3, -0.25) is 0 Å². The quantitative estimate of drug-likeness (QED) is 0.733. The van der Waals surface area contributed by atoms with E-state index in [1.165, 1.54) is 18.9 Å². The van der Waals surface area contributed by atoms with Gasteiger partial charge in [-0.15, -0.1) is 0 Å². The summed E-state index contributed by atoms with van der Waals surface area (Å²) in [5.74, 6) is -0.0827. The van der Waals surface area contributed by atoms with Gasteiger partial charge < -0.3 is 15.2 Å². The molecule has 0 radical (unpaired) electrons. The highest BCUT2D eigenvalue weighted by Gasteiger charge is 2.23. The van der Waals surface area contributed by atoms with E-state index in [9.17, 15) is 4.39 Å². The van der Waals surface area contributed by atoms with E-state index in [1.54, 1.807) is 12.1 Å². The third-order valence-electron chi connectivity index (χ3n) is 3.08. The summed E-state index contributed by atoms with van der Waals surface area (Å²) >= 11 is 0. The van der Waals surface area contributed by atoms with Crippen molar-refractivity contribution in [2.75, 3.05) is 13.2 Å². The summed E-state index contributed by atoms with van der Waals surface area (Å²) in [7, 11) is 0. The molecule has 2 rings (SSSR count). The number of aliphatic hydroxyl groups is 1. The van der Waals surface area contributed by atoms with Crippen molar-refractivity contribution in [1.29, 1.82) is 0 Å². The zero-order valence-electron chi connectivity index (χ0n) is 10.7. The number of nitrogens with one attached hydrogen (secondary N) is 1. The Hall–Kier alpha value is -1.13. The van der Waals surface area contributed by atoms with Crippen LogP contribution in [0.1, 0.15) is 37.8 Å². The largest absolute Gasteiger partial charge is 0.490 e. The van der Waals surface area contributed by atoms with Crippen molar-refractivity contribution >= 4 is 0 Å². The fourth-order valence-corrected chi connectivity index (χ4v) is 1.85. The van der Waals surface area contributed by atoms with Crippen molar-refractivity contribution in [3.8, 4) is 5.75 Å². The van der Waals surface area contributed by atoms with Crippen LogP contribution in [0.5, 0.6) is 5.75 Å². The summed E-state index contributed by atoms with van der Waals surface area (Å²) in [5.41, 5.74) is 1.03. The first-order valence-corrected chi connectivity index (χ1v) is 6.50. The van der Waals surface area contributed by atoms with E-state index >= 15 is 0 Å².